The van der Waals surface area contributed by atoms with Gasteiger partial charge in [0.25, 0.3) is 5.56 Å². The number of hydrogen-bond donors (Lipinski definition) is 2. The van der Waals surface area contributed by atoms with E-state index in [2.05, 4.69) is 15.4 Å². The molecule has 0 unspecified atom stereocenters. The van der Waals surface area contributed by atoms with Gasteiger partial charge in [0.15, 0.2) is 0 Å². The molecule has 0 saturated carbocycles. The molecule has 18 heavy (non-hydrogen) atoms. The largest absolute Gasteiger partial charge is 0.349 e. The molecule has 2 N–H and O–H groups in total. The molecule has 0 radical (unpaired) electrons. The van der Waals surface area contributed by atoms with Crippen LogP contribution in [0, 0.1) is 0 Å². The number of benzene rings is 1. The number of halogens is 1. The average Bonchev–Trinajstić information content (AvgIpc) is 2.81. The maximum atomic E-state index is 11.7. The van der Waals surface area contributed by atoms with E-state index < -0.39 is 11.1 Å². The topological polar surface area (TPSA) is 91.8 Å². The van der Waals surface area contributed by atoms with Gasteiger partial charge in [-0.2, -0.15) is 0 Å². The number of hydrogen-bond acceptors (Lipinski definition) is 4. The van der Waals surface area contributed by atoms with Gasteiger partial charge >= 0.3 is 5.56 Å². The van der Waals surface area contributed by atoms with Gasteiger partial charge in [-0.25, -0.2) is 0 Å². The lowest BCUT2D eigenvalue weighted by molar-refractivity contribution is 0.456. The number of nitrogens with zero attached hydrogens (tertiary/aromatic N) is 1. The summed E-state index contributed by atoms with van der Waals surface area (Å²) in [6.07, 6.45) is 0. The highest BCUT2D eigenvalue weighted by Crippen LogP contribution is 2.24. The van der Waals surface area contributed by atoms with Crippen molar-refractivity contribution in [3.05, 3.63) is 50.0 Å². The third-order valence-electron chi connectivity index (χ3n) is 2.53. The molecule has 3 aromatic rings. The van der Waals surface area contributed by atoms with Crippen LogP contribution in [0.15, 0.2) is 38.4 Å². The molecule has 90 valence electrons. The van der Waals surface area contributed by atoms with Gasteiger partial charge in [-0.05, 0) is 12.1 Å². The van der Waals surface area contributed by atoms with Crippen molar-refractivity contribution < 1.29 is 4.52 Å². The Morgan fingerprint density at radius 3 is 2.44 bits per heavy atom. The first kappa shape index (κ1) is 10.8. The van der Waals surface area contributed by atoms with Crippen molar-refractivity contribution in [3.8, 4) is 11.3 Å². The van der Waals surface area contributed by atoms with E-state index in [9.17, 15) is 9.59 Å². The van der Waals surface area contributed by atoms with Crippen LogP contribution in [0.2, 0.25) is 5.02 Å². The van der Waals surface area contributed by atoms with E-state index in [1.807, 2.05) is 0 Å². The second-order valence-corrected chi connectivity index (χ2v) is 4.09. The number of aromatic amines is 2. The molecule has 2 aromatic heterocycles. The lowest BCUT2D eigenvalue weighted by Crippen LogP contribution is -2.17. The maximum Gasteiger partial charge on any atom is 0.309 e. The van der Waals surface area contributed by atoms with Gasteiger partial charge in [-0.1, -0.05) is 28.9 Å². The first-order valence-electron chi connectivity index (χ1n) is 5.03. The van der Waals surface area contributed by atoms with Crippen LogP contribution in [0.4, 0.5) is 0 Å². The zero-order valence-corrected chi connectivity index (χ0v) is 9.62. The fraction of sp³-hybridized carbons (Fsp3) is 0. The standard InChI is InChI=1S/C11H6ClN3O3/c12-6-3-1-5(2-4-6)8-7-9(18-15-8)11(17)14-13-10(7)16/h1-4H,(H,13,16)(H,14,17). The van der Waals surface area contributed by atoms with Gasteiger partial charge in [-0.15, -0.1) is 0 Å². The van der Waals surface area contributed by atoms with Crippen molar-refractivity contribution in [2.75, 3.05) is 0 Å². The van der Waals surface area contributed by atoms with E-state index in [4.69, 9.17) is 16.1 Å². The van der Waals surface area contributed by atoms with Gasteiger partial charge in [0.05, 0.1) is 0 Å². The summed E-state index contributed by atoms with van der Waals surface area (Å²) in [5.74, 6) is 0. The molecule has 0 fully saturated rings. The average molecular weight is 264 g/mol. The summed E-state index contributed by atoms with van der Waals surface area (Å²) in [6, 6.07) is 6.72. The number of nitrogens with one attached hydrogen (secondary N) is 2. The summed E-state index contributed by atoms with van der Waals surface area (Å²) in [4.78, 5) is 23.2. The van der Waals surface area contributed by atoms with Crippen molar-refractivity contribution >= 4 is 22.6 Å². The third-order valence-corrected chi connectivity index (χ3v) is 2.78. The summed E-state index contributed by atoms with van der Waals surface area (Å²) >= 11 is 5.78. The quantitative estimate of drug-likeness (QED) is 0.696. The Kier molecular flexibility index (Phi) is 2.31. The Hall–Kier alpha value is -2.34. The predicted octanol–water partition coefficient (Wildman–Crippen LogP) is 1.52. The molecule has 2 heterocycles. The highest BCUT2D eigenvalue weighted by molar-refractivity contribution is 6.30. The lowest BCUT2D eigenvalue weighted by atomic mass is 10.1. The molecule has 0 saturated heterocycles. The SMILES string of the molecule is O=c1[nH][nH]c(=O)c2c(-c3ccc(Cl)cc3)noc12. The predicted molar refractivity (Wildman–Crippen MR) is 65.7 cm³/mol. The van der Waals surface area contributed by atoms with Crippen molar-refractivity contribution in [2.24, 2.45) is 0 Å². The molecular weight excluding hydrogens is 258 g/mol. The van der Waals surface area contributed by atoms with E-state index in [0.717, 1.165) is 0 Å². The van der Waals surface area contributed by atoms with Crippen molar-refractivity contribution in [3.63, 3.8) is 0 Å². The van der Waals surface area contributed by atoms with Crippen LogP contribution in [0.5, 0.6) is 0 Å². The van der Waals surface area contributed by atoms with Gasteiger partial charge in [0.2, 0.25) is 5.58 Å². The summed E-state index contributed by atoms with van der Waals surface area (Å²) < 4.78 is 4.90. The number of H-pyrrole nitrogens is 2. The normalized spacial score (nSPS) is 10.9. The second kappa shape index (κ2) is 3.85. The molecule has 0 aliphatic carbocycles. The van der Waals surface area contributed by atoms with Gasteiger partial charge in [0.1, 0.15) is 11.1 Å². The summed E-state index contributed by atoms with van der Waals surface area (Å²) in [5, 5.41) is 8.85. The van der Waals surface area contributed by atoms with Crippen molar-refractivity contribution in [2.45, 2.75) is 0 Å². The van der Waals surface area contributed by atoms with Crippen LogP contribution in [0.25, 0.3) is 22.2 Å². The van der Waals surface area contributed by atoms with Gasteiger partial charge in [0, 0.05) is 10.6 Å². The Morgan fingerprint density at radius 1 is 1.06 bits per heavy atom. The first-order chi connectivity index (χ1) is 8.66. The Labute approximate surface area is 104 Å². The van der Waals surface area contributed by atoms with Crippen molar-refractivity contribution in [1.29, 1.82) is 0 Å². The van der Waals surface area contributed by atoms with Crippen LogP contribution in [0.1, 0.15) is 0 Å². The second-order valence-electron chi connectivity index (χ2n) is 3.65. The summed E-state index contributed by atoms with van der Waals surface area (Å²) in [7, 11) is 0. The molecular formula is C11H6ClN3O3. The van der Waals surface area contributed by atoms with Gasteiger partial charge in [-0.3, -0.25) is 19.8 Å². The maximum absolute atomic E-state index is 11.7. The lowest BCUT2D eigenvalue weighted by Gasteiger charge is -1.95. The molecule has 0 aliphatic rings. The van der Waals surface area contributed by atoms with Crippen LogP contribution < -0.4 is 11.1 Å². The van der Waals surface area contributed by atoms with E-state index in [0.29, 0.717) is 16.3 Å². The molecule has 0 atom stereocenters. The van der Waals surface area contributed by atoms with E-state index in [1.54, 1.807) is 24.3 Å². The number of rotatable bonds is 1. The molecule has 0 spiro atoms. The van der Waals surface area contributed by atoms with Crippen LogP contribution >= 0.6 is 11.6 Å². The zero-order valence-electron chi connectivity index (χ0n) is 8.86. The highest BCUT2D eigenvalue weighted by atomic mass is 35.5. The minimum Gasteiger partial charge on any atom is -0.349 e. The number of fused-ring (bicyclic) bond motifs is 1. The molecule has 0 amide bonds. The fourth-order valence-corrected chi connectivity index (χ4v) is 1.82. The van der Waals surface area contributed by atoms with E-state index >= 15 is 0 Å². The Morgan fingerprint density at radius 2 is 1.72 bits per heavy atom. The molecule has 7 heteroatoms. The van der Waals surface area contributed by atoms with Gasteiger partial charge < -0.3 is 4.52 Å². The van der Waals surface area contributed by atoms with E-state index in [1.165, 1.54) is 0 Å². The minimum absolute atomic E-state index is 0.0938. The van der Waals surface area contributed by atoms with Crippen molar-refractivity contribution in [1.82, 2.24) is 15.4 Å². The first-order valence-corrected chi connectivity index (χ1v) is 5.41. The molecule has 0 aliphatic heterocycles. The monoisotopic (exact) mass is 263 g/mol. The summed E-state index contributed by atoms with van der Waals surface area (Å²) in [6.45, 7) is 0. The Balaban J connectivity index is 2.37. The highest BCUT2D eigenvalue weighted by Gasteiger charge is 2.16. The molecule has 1 aromatic carbocycles. The summed E-state index contributed by atoms with van der Waals surface area (Å²) in [5.41, 5.74) is -0.125. The zero-order chi connectivity index (χ0) is 12.7. The number of aromatic nitrogens is 3. The van der Waals surface area contributed by atoms with E-state index in [-0.39, 0.29) is 11.0 Å². The smallest absolute Gasteiger partial charge is 0.309 e. The molecule has 0 bridgehead atoms. The Bertz CT molecular complexity index is 829. The minimum atomic E-state index is -0.530. The van der Waals surface area contributed by atoms with Crippen LogP contribution in [-0.2, 0) is 0 Å². The van der Waals surface area contributed by atoms with Crippen LogP contribution in [0.3, 0.4) is 0 Å². The third kappa shape index (κ3) is 1.54. The molecule has 3 rings (SSSR count). The fourth-order valence-electron chi connectivity index (χ4n) is 1.69. The van der Waals surface area contributed by atoms with Crippen LogP contribution in [-0.4, -0.2) is 15.4 Å². The molecule has 6 nitrogen and oxygen atoms in total.